The number of fused-ring (bicyclic) bond motifs is 1. The van der Waals surface area contributed by atoms with Crippen LogP contribution in [-0.2, 0) is 24.1 Å². The van der Waals surface area contributed by atoms with E-state index in [0.29, 0.717) is 5.78 Å². The van der Waals surface area contributed by atoms with Gasteiger partial charge in [-0.15, -0.1) is 0 Å². The molecule has 1 aromatic carbocycles. The summed E-state index contributed by atoms with van der Waals surface area (Å²) in [6.45, 7) is 1.68. The minimum atomic E-state index is 0.315. The molecule has 2 rings (SSSR count). The lowest BCUT2D eigenvalue weighted by molar-refractivity contribution is -0.117. The zero-order valence-electron chi connectivity index (χ0n) is 10.8. The Kier molecular flexibility index (Phi) is 4.36. The fraction of sp³-hybridized carbons (Fsp3) is 0.562. The van der Waals surface area contributed by atoms with E-state index in [-0.39, 0.29) is 0 Å². The van der Waals surface area contributed by atoms with E-state index in [1.54, 1.807) is 18.1 Å². The Morgan fingerprint density at radius 1 is 1.12 bits per heavy atom. The predicted octanol–water partition coefficient (Wildman–Crippen LogP) is 3.87. The van der Waals surface area contributed by atoms with Gasteiger partial charge in [0.25, 0.3) is 0 Å². The van der Waals surface area contributed by atoms with Crippen molar-refractivity contribution in [3.63, 3.8) is 0 Å². The van der Waals surface area contributed by atoms with Gasteiger partial charge < -0.3 is 4.79 Å². The highest BCUT2D eigenvalue weighted by Gasteiger charge is 2.09. The quantitative estimate of drug-likeness (QED) is 0.702. The zero-order valence-corrected chi connectivity index (χ0v) is 10.8. The summed E-state index contributed by atoms with van der Waals surface area (Å²) in [6, 6.07) is 6.98. The second-order valence-electron chi connectivity index (χ2n) is 5.22. The first-order valence-electron chi connectivity index (χ1n) is 6.86. The van der Waals surface area contributed by atoms with E-state index in [1.807, 2.05) is 0 Å². The molecule has 1 aromatic rings. The molecule has 0 saturated heterocycles. The van der Waals surface area contributed by atoms with Crippen LogP contribution < -0.4 is 0 Å². The van der Waals surface area contributed by atoms with E-state index in [1.165, 1.54) is 31.2 Å². The van der Waals surface area contributed by atoms with Gasteiger partial charge in [-0.3, -0.25) is 0 Å². The van der Waals surface area contributed by atoms with E-state index in [2.05, 4.69) is 18.2 Å². The smallest absolute Gasteiger partial charge is 0.129 e. The molecule has 0 spiro atoms. The molecule has 1 heteroatoms. The molecule has 0 radical (unpaired) electrons. The lowest BCUT2D eigenvalue weighted by Crippen LogP contribution is -2.03. The van der Waals surface area contributed by atoms with Crippen molar-refractivity contribution in [3.05, 3.63) is 34.9 Å². The Balaban J connectivity index is 1.86. The van der Waals surface area contributed by atoms with Gasteiger partial charge in [-0.25, -0.2) is 0 Å². The summed E-state index contributed by atoms with van der Waals surface area (Å²) in [7, 11) is 0. The van der Waals surface area contributed by atoms with Gasteiger partial charge >= 0.3 is 0 Å². The molecule has 17 heavy (non-hydrogen) atoms. The Labute approximate surface area is 104 Å². The van der Waals surface area contributed by atoms with Crippen molar-refractivity contribution in [2.45, 2.75) is 58.3 Å². The molecule has 0 saturated carbocycles. The Bertz CT molecular complexity index is 393. The first kappa shape index (κ1) is 12.3. The molecule has 0 N–H and O–H groups in total. The minimum absolute atomic E-state index is 0.315. The number of unbranched alkanes of at least 4 members (excludes halogenated alkanes) is 1. The predicted molar refractivity (Wildman–Crippen MR) is 71.3 cm³/mol. The van der Waals surface area contributed by atoms with Crippen molar-refractivity contribution in [2.24, 2.45) is 0 Å². The van der Waals surface area contributed by atoms with E-state index < -0.39 is 0 Å². The van der Waals surface area contributed by atoms with Gasteiger partial charge in [0.1, 0.15) is 5.78 Å². The Morgan fingerprint density at radius 2 is 1.88 bits per heavy atom. The van der Waals surface area contributed by atoms with E-state index >= 15 is 0 Å². The average Bonchev–Trinajstić information content (AvgIpc) is 2.34. The SMILES string of the molecule is CC(=O)CCCCc1ccc2c(c1)CCCC2. The molecule has 0 aliphatic heterocycles. The number of hydrogen-bond donors (Lipinski definition) is 0. The number of carbonyl (C=O) groups is 1. The summed E-state index contributed by atoms with van der Waals surface area (Å²) < 4.78 is 0. The standard InChI is InChI=1S/C16H22O/c1-13(17)6-2-3-7-14-10-11-15-8-4-5-9-16(15)12-14/h10-12H,2-9H2,1H3. The molecule has 0 fully saturated rings. The van der Waals surface area contributed by atoms with Crippen LogP contribution >= 0.6 is 0 Å². The topological polar surface area (TPSA) is 17.1 Å². The second kappa shape index (κ2) is 6.00. The molecular formula is C16H22O. The molecular weight excluding hydrogens is 208 g/mol. The van der Waals surface area contributed by atoms with Gasteiger partial charge in [0.15, 0.2) is 0 Å². The van der Waals surface area contributed by atoms with Crippen LogP contribution in [0.15, 0.2) is 18.2 Å². The summed E-state index contributed by atoms with van der Waals surface area (Å²) in [5.74, 6) is 0.315. The van der Waals surface area contributed by atoms with E-state index in [0.717, 1.165) is 25.7 Å². The number of Topliss-reactive ketones (excluding diaryl/α,β-unsaturated/α-hetero) is 1. The molecule has 0 unspecified atom stereocenters. The lowest BCUT2D eigenvalue weighted by Gasteiger charge is -2.16. The molecule has 0 amide bonds. The van der Waals surface area contributed by atoms with Gasteiger partial charge in [-0.1, -0.05) is 18.2 Å². The maximum atomic E-state index is 10.8. The fourth-order valence-electron chi connectivity index (χ4n) is 2.65. The fourth-order valence-corrected chi connectivity index (χ4v) is 2.65. The summed E-state index contributed by atoms with van der Waals surface area (Å²) in [5, 5.41) is 0. The van der Waals surface area contributed by atoms with Crippen molar-refractivity contribution < 1.29 is 4.79 Å². The molecule has 92 valence electrons. The van der Waals surface area contributed by atoms with E-state index in [4.69, 9.17) is 0 Å². The Hall–Kier alpha value is -1.11. The monoisotopic (exact) mass is 230 g/mol. The maximum Gasteiger partial charge on any atom is 0.129 e. The lowest BCUT2D eigenvalue weighted by atomic mass is 9.89. The van der Waals surface area contributed by atoms with Crippen LogP contribution in [0.2, 0.25) is 0 Å². The molecule has 1 aliphatic carbocycles. The molecule has 0 atom stereocenters. The number of hydrogen-bond acceptors (Lipinski definition) is 1. The number of aryl methyl sites for hydroxylation is 3. The highest BCUT2D eigenvalue weighted by atomic mass is 16.1. The minimum Gasteiger partial charge on any atom is -0.300 e. The van der Waals surface area contributed by atoms with Crippen LogP contribution in [0.3, 0.4) is 0 Å². The van der Waals surface area contributed by atoms with Gasteiger partial charge in [-0.05, 0) is 68.6 Å². The van der Waals surface area contributed by atoms with Gasteiger partial charge in [0.2, 0.25) is 0 Å². The van der Waals surface area contributed by atoms with Gasteiger partial charge in [0.05, 0.1) is 0 Å². The molecule has 0 aromatic heterocycles. The third-order valence-electron chi connectivity index (χ3n) is 3.66. The third-order valence-corrected chi connectivity index (χ3v) is 3.66. The van der Waals surface area contributed by atoms with Crippen molar-refractivity contribution in [1.29, 1.82) is 0 Å². The van der Waals surface area contributed by atoms with E-state index in [9.17, 15) is 4.79 Å². The van der Waals surface area contributed by atoms with Crippen molar-refractivity contribution in [1.82, 2.24) is 0 Å². The first-order valence-corrected chi connectivity index (χ1v) is 6.86. The number of benzene rings is 1. The first-order chi connectivity index (χ1) is 8.25. The van der Waals surface area contributed by atoms with Gasteiger partial charge in [0, 0.05) is 6.42 Å². The van der Waals surface area contributed by atoms with Gasteiger partial charge in [-0.2, -0.15) is 0 Å². The van der Waals surface area contributed by atoms with Crippen LogP contribution in [-0.4, -0.2) is 5.78 Å². The highest BCUT2D eigenvalue weighted by molar-refractivity contribution is 5.75. The zero-order chi connectivity index (χ0) is 12.1. The summed E-state index contributed by atoms with van der Waals surface area (Å²) >= 11 is 0. The molecule has 0 heterocycles. The largest absolute Gasteiger partial charge is 0.300 e. The summed E-state index contributed by atoms with van der Waals surface area (Å²) in [4.78, 5) is 10.8. The van der Waals surface area contributed by atoms with Crippen molar-refractivity contribution >= 4 is 5.78 Å². The second-order valence-corrected chi connectivity index (χ2v) is 5.22. The molecule has 1 nitrogen and oxygen atoms in total. The number of ketones is 1. The summed E-state index contributed by atoms with van der Waals surface area (Å²) in [5.41, 5.74) is 4.58. The maximum absolute atomic E-state index is 10.8. The van der Waals surface area contributed by atoms with Crippen LogP contribution in [0.4, 0.5) is 0 Å². The van der Waals surface area contributed by atoms with Crippen LogP contribution in [0, 0.1) is 0 Å². The third kappa shape index (κ3) is 3.69. The molecule has 1 aliphatic rings. The van der Waals surface area contributed by atoms with Crippen LogP contribution in [0.1, 0.15) is 55.7 Å². The number of carbonyl (C=O) groups excluding carboxylic acids is 1. The Morgan fingerprint density at radius 3 is 2.65 bits per heavy atom. The normalized spacial score (nSPS) is 14.4. The number of rotatable bonds is 5. The molecule has 0 bridgehead atoms. The highest BCUT2D eigenvalue weighted by Crippen LogP contribution is 2.22. The average molecular weight is 230 g/mol. The van der Waals surface area contributed by atoms with Crippen LogP contribution in [0.5, 0.6) is 0 Å². The van der Waals surface area contributed by atoms with Crippen LogP contribution in [0.25, 0.3) is 0 Å². The van der Waals surface area contributed by atoms with Crippen molar-refractivity contribution in [3.8, 4) is 0 Å². The van der Waals surface area contributed by atoms with Crippen molar-refractivity contribution in [2.75, 3.05) is 0 Å². The summed E-state index contributed by atoms with van der Waals surface area (Å²) in [6.07, 6.45) is 9.26.